The summed E-state index contributed by atoms with van der Waals surface area (Å²) in [7, 11) is -1.15. The largest absolute Gasteiger partial charge is 0.491 e. The molecule has 0 aliphatic carbocycles. The second-order valence-corrected chi connectivity index (χ2v) is 5.32. The predicted octanol–water partition coefficient (Wildman–Crippen LogP) is 0.753. The van der Waals surface area contributed by atoms with Crippen LogP contribution >= 0.6 is 0 Å². The highest BCUT2D eigenvalue weighted by Crippen LogP contribution is 2.25. The minimum Gasteiger partial charge on any atom is -0.423 e. The molecule has 0 aliphatic heterocycles. The van der Waals surface area contributed by atoms with Crippen LogP contribution in [0.1, 0.15) is 38.1 Å². The van der Waals surface area contributed by atoms with Crippen molar-refractivity contribution in [3.8, 4) is 0 Å². The molecule has 0 heterocycles. The molecule has 0 saturated heterocycles. The molecular formula is C13H19BO4. The van der Waals surface area contributed by atoms with Gasteiger partial charge in [0.15, 0.2) is 0 Å². The summed E-state index contributed by atoms with van der Waals surface area (Å²) < 4.78 is 5.48. The number of hydrogen-bond acceptors (Lipinski definition) is 4. The van der Waals surface area contributed by atoms with Gasteiger partial charge in [-0.05, 0) is 33.2 Å². The highest BCUT2D eigenvalue weighted by atomic mass is 16.5. The summed E-state index contributed by atoms with van der Waals surface area (Å²) >= 11 is 0. The molecule has 1 aromatic carbocycles. The first kappa shape index (κ1) is 14.9. The van der Waals surface area contributed by atoms with Crippen molar-refractivity contribution in [3.05, 3.63) is 29.8 Å². The van der Waals surface area contributed by atoms with Crippen molar-refractivity contribution in [2.45, 2.75) is 38.9 Å². The van der Waals surface area contributed by atoms with E-state index in [2.05, 4.69) is 0 Å². The van der Waals surface area contributed by atoms with Gasteiger partial charge in [-0.15, -0.1) is 0 Å². The maximum Gasteiger partial charge on any atom is 0.491 e. The van der Waals surface area contributed by atoms with Gasteiger partial charge in [-0.1, -0.05) is 24.3 Å². The molecule has 5 heteroatoms. The number of benzene rings is 1. The van der Waals surface area contributed by atoms with Crippen molar-refractivity contribution in [1.29, 1.82) is 0 Å². The summed E-state index contributed by atoms with van der Waals surface area (Å²) in [4.78, 5) is 10.5. The fourth-order valence-corrected chi connectivity index (χ4v) is 1.23. The Morgan fingerprint density at radius 1 is 1.17 bits per heavy atom. The van der Waals surface area contributed by atoms with Crippen LogP contribution in [0.25, 0.3) is 0 Å². The lowest BCUT2D eigenvalue weighted by molar-refractivity contribution is -0.0982. The summed E-state index contributed by atoms with van der Waals surface area (Å²) in [6, 6.07) is 6.45. The summed E-state index contributed by atoms with van der Waals surface area (Å²) in [5, 5.41) is 19.9. The molecule has 0 spiro atoms. The van der Waals surface area contributed by atoms with E-state index in [0.29, 0.717) is 11.0 Å². The van der Waals surface area contributed by atoms with Crippen LogP contribution < -0.4 is 5.46 Å². The van der Waals surface area contributed by atoms with E-state index >= 15 is 0 Å². The van der Waals surface area contributed by atoms with Crippen LogP contribution in [-0.2, 0) is 4.65 Å². The van der Waals surface area contributed by atoms with Crippen LogP contribution in [0.4, 0.5) is 0 Å². The lowest BCUT2D eigenvalue weighted by Crippen LogP contribution is -2.53. The fraction of sp³-hybridized carbons (Fsp3) is 0.462. The Kier molecular flexibility index (Phi) is 4.32. The maximum absolute atomic E-state index is 10.5. The summed E-state index contributed by atoms with van der Waals surface area (Å²) in [5.41, 5.74) is -0.919. The van der Waals surface area contributed by atoms with Crippen LogP contribution in [0.2, 0.25) is 0 Å². The van der Waals surface area contributed by atoms with Crippen molar-refractivity contribution >= 4 is 18.9 Å². The summed E-state index contributed by atoms with van der Waals surface area (Å²) in [6.07, 6.45) is 0.734. The Hall–Kier alpha value is -1.17. The Morgan fingerprint density at radius 3 is 2.06 bits per heavy atom. The van der Waals surface area contributed by atoms with E-state index in [1.807, 2.05) is 0 Å². The molecule has 1 rings (SSSR count). The molecule has 0 bridgehead atoms. The van der Waals surface area contributed by atoms with Gasteiger partial charge in [0, 0.05) is 5.56 Å². The van der Waals surface area contributed by atoms with Gasteiger partial charge >= 0.3 is 7.12 Å². The van der Waals surface area contributed by atoms with Crippen molar-refractivity contribution in [2.75, 3.05) is 0 Å². The number of aldehydes is 1. The topological polar surface area (TPSA) is 66.8 Å². The van der Waals surface area contributed by atoms with Crippen molar-refractivity contribution in [1.82, 2.24) is 0 Å². The van der Waals surface area contributed by atoms with Crippen LogP contribution in [0.5, 0.6) is 0 Å². The van der Waals surface area contributed by atoms with Crippen LogP contribution in [-0.4, -0.2) is 34.7 Å². The van der Waals surface area contributed by atoms with E-state index in [9.17, 15) is 14.9 Å². The zero-order valence-electron chi connectivity index (χ0n) is 11.2. The van der Waals surface area contributed by atoms with Crippen LogP contribution in [0.15, 0.2) is 24.3 Å². The van der Waals surface area contributed by atoms with Gasteiger partial charge in [0.2, 0.25) is 0 Å². The number of hydrogen-bond donors (Lipinski definition) is 2. The highest BCUT2D eigenvalue weighted by Gasteiger charge is 2.39. The monoisotopic (exact) mass is 250 g/mol. The highest BCUT2D eigenvalue weighted by molar-refractivity contribution is 6.60. The van der Waals surface area contributed by atoms with E-state index in [1.54, 1.807) is 52.0 Å². The number of aliphatic hydroxyl groups is 1. The Labute approximate surface area is 108 Å². The van der Waals surface area contributed by atoms with Crippen molar-refractivity contribution in [3.63, 3.8) is 0 Å². The van der Waals surface area contributed by atoms with E-state index in [4.69, 9.17) is 4.65 Å². The first-order valence-electron chi connectivity index (χ1n) is 5.81. The molecule has 0 atom stereocenters. The molecule has 1 aromatic rings. The zero-order chi connectivity index (χ0) is 14.0. The normalized spacial score (nSPS) is 12.3. The lowest BCUT2D eigenvalue weighted by atomic mass is 9.76. The first-order valence-corrected chi connectivity index (χ1v) is 5.81. The molecule has 0 radical (unpaired) electrons. The molecule has 0 saturated carbocycles. The minimum absolute atomic E-state index is 0.535. The third kappa shape index (κ3) is 3.42. The second-order valence-electron chi connectivity index (χ2n) is 5.32. The minimum atomic E-state index is -1.15. The second kappa shape index (κ2) is 5.22. The van der Waals surface area contributed by atoms with Crippen LogP contribution in [0, 0.1) is 0 Å². The molecule has 18 heavy (non-hydrogen) atoms. The molecule has 0 unspecified atom stereocenters. The van der Waals surface area contributed by atoms with E-state index < -0.39 is 18.3 Å². The van der Waals surface area contributed by atoms with Gasteiger partial charge in [0.05, 0.1) is 11.2 Å². The average Bonchev–Trinajstić information content (AvgIpc) is 2.27. The molecule has 0 amide bonds. The van der Waals surface area contributed by atoms with Crippen molar-refractivity contribution < 1.29 is 19.6 Å². The number of rotatable bonds is 5. The van der Waals surface area contributed by atoms with E-state index in [1.165, 1.54) is 0 Å². The third-order valence-electron chi connectivity index (χ3n) is 3.24. The SMILES string of the molecule is CC(C)(O)C(C)(C)OB(O)c1ccc(C=O)cc1. The van der Waals surface area contributed by atoms with Crippen LogP contribution in [0.3, 0.4) is 0 Å². The van der Waals surface area contributed by atoms with Gasteiger partial charge in [0.1, 0.15) is 6.29 Å². The molecular weight excluding hydrogens is 231 g/mol. The smallest absolute Gasteiger partial charge is 0.423 e. The maximum atomic E-state index is 10.5. The molecule has 4 nitrogen and oxygen atoms in total. The Balaban J connectivity index is 2.81. The first-order chi connectivity index (χ1) is 8.17. The summed E-state index contributed by atoms with van der Waals surface area (Å²) in [5.74, 6) is 0. The van der Waals surface area contributed by atoms with Gasteiger partial charge in [-0.3, -0.25) is 4.79 Å². The van der Waals surface area contributed by atoms with Gasteiger partial charge < -0.3 is 14.8 Å². The van der Waals surface area contributed by atoms with E-state index in [-0.39, 0.29) is 0 Å². The van der Waals surface area contributed by atoms with Gasteiger partial charge in [-0.2, -0.15) is 0 Å². The molecule has 0 aromatic heterocycles. The number of carbonyl (C=O) groups excluding carboxylic acids is 1. The average molecular weight is 250 g/mol. The third-order valence-corrected chi connectivity index (χ3v) is 3.24. The molecule has 2 N–H and O–H groups in total. The van der Waals surface area contributed by atoms with E-state index in [0.717, 1.165) is 6.29 Å². The molecule has 98 valence electrons. The van der Waals surface area contributed by atoms with Crippen molar-refractivity contribution in [2.24, 2.45) is 0 Å². The van der Waals surface area contributed by atoms with Gasteiger partial charge in [0.25, 0.3) is 0 Å². The zero-order valence-corrected chi connectivity index (χ0v) is 11.2. The lowest BCUT2D eigenvalue weighted by Gasteiger charge is -2.38. The fourth-order valence-electron chi connectivity index (χ4n) is 1.23. The standard InChI is InChI=1S/C13H19BO4/c1-12(2,16)13(3,4)18-14(17)11-7-5-10(9-15)6-8-11/h5-9,16-17H,1-4H3. The number of carbonyl (C=O) groups is 1. The summed E-state index contributed by atoms with van der Waals surface area (Å²) in [6.45, 7) is 6.65. The molecule has 0 aliphatic rings. The Bertz CT molecular complexity index is 406. The Morgan fingerprint density at radius 2 is 1.67 bits per heavy atom. The quantitative estimate of drug-likeness (QED) is 0.597. The molecule has 0 fully saturated rings. The van der Waals surface area contributed by atoms with Gasteiger partial charge in [-0.25, -0.2) is 0 Å². The predicted molar refractivity (Wildman–Crippen MR) is 70.9 cm³/mol.